The molecule has 9 aromatic rings. The normalized spacial score (nSPS) is 11.7. The van der Waals surface area contributed by atoms with Crippen molar-refractivity contribution in [2.45, 2.75) is 0 Å². The fourth-order valence-electron chi connectivity index (χ4n) is 6.46. The second kappa shape index (κ2) is 9.29. The molecule has 0 atom stereocenters. The predicted octanol–water partition coefficient (Wildman–Crippen LogP) is 9.13. The van der Waals surface area contributed by atoms with Crippen molar-refractivity contribution in [3.05, 3.63) is 152 Å². The molecule has 0 unspecified atom stereocenters. The zero-order chi connectivity index (χ0) is 28.3. The average molecular weight is 552 g/mol. The van der Waals surface area contributed by atoms with E-state index in [1.807, 2.05) is 10.9 Å². The van der Waals surface area contributed by atoms with Crippen LogP contribution in [0.25, 0.3) is 71.9 Å². The Balaban J connectivity index is 1.04. The molecule has 0 fully saturated rings. The smallest absolute Gasteiger partial charge is 0.113 e. The minimum Gasteiger partial charge on any atom is -0.309 e. The highest BCUT2D eigenvalue weighted by molar-refractivity contribution is 6.10. The van der Waals surface area contributed by atoms with Gasteiger partial charge in [0.2, 0.25) is 0 Å². The van der Waals surface area contributed by atoms with E-state index in [4.69, 9.17) is 0 Å². The van der Waals surface area contributed by atoms with Crippen LogP contribution in [0.5, 0.6) is 0 Å². The summed E-state index contributed by atoms with van der Waals surface area (Å²) in [7, 11) is 0. The van der Waals surface area contributed by atoms with E-state index in [-0.39, 0.29) is 0 Å². The summed E-state index contributed by atoms with van der Waals surface area (Å²) in [5.74, 6) is 0. The van der Waals surface area contributed by atoms with Crippen LogP contribution in [0.1, 0.15) is 0 Å². The Labute approximate surface area is 247 Å². The summed E-state index contributed by atoms with van der Waals surface area (Å²) in [6, 6.07) is 51.3. The molecule has 5 nitrogen and oxygen atoms in total. The topological polar surface area (TPSA) is 40.6 Å². The van der Waals surface area contributed by atoms with Gasteiger partial charge in [-0.3, -0.25) is 0 Å². The zero-order valence-electron chi connectivity index (χ0n) is 23.2. The predicted molar refractivity (Wildman–Crippen MR) is 175 cm³/mol. The molecule has 0 radical (unpaired) electrons. The molecule has 0 aliphatic carbocycles. The highest BCUT2D eigenvalue weighted by Gasteiger charge is 2.14. The molecule has 0 N–H and O–H groups in total. The van der Waals surface area contributed by atoms with Crippen LogP contribution in [0.4, 0.5) is 0 Å². The van der Waals surface area contributed by atoms with Gasteiger partial charge in [-0.1, -0.05) is 90.1 Å². The molecule has 5 heteroatoms. The Morgan fingerprint density at radius 3 is 1.19 bits per heavy atom. The van der Waals surface area contributed by atoms with Crippen molar-refractivity contribution in [1.82, 2.24) is 24.1 Å². The number of rotatable bonds is 4. The van der Waals surface area contributed by atoms with Crippen LogP contribution < -0.4 is 0 Å². The van der Waals surface area contributed by atoms with Crippen LogP contribution in [-0.4, -0.2) is 24.1 Å². The van der Waals surface area contributed by atoms with Crippen LogP contribution in [0.3, 0.4) is 0 Å². The van der Waals surface area contributed by atoms with Gasteiger partial charge in [-0.05, 0) is 60.7 Å². The molecule has 0 amide bonds. The first-order valence-corrected chi connectivity index (χ1v) is 14.4. The number of hydrogen-bond donors (Lipinski definition) is 0. The van der Waals surface area contributed by atoms with Crippen molar-refractivity contribution < 1.29 is 0 Å². The third-order valence-corrected chi connectivity index (χ3v) is 8.45. The fraction of sp³-hybridized carbons (Fsp3) is 0. The summed E-state index contributed by atoms with van der Waals surface area (Å²) < 4.78 is 6.48. The van der Waals surface area contributed by atoms with Gasteiger partial charge in [0.05, 0.1) is 34.0 Å². The molecule has 6 aromatic carbocycles. The van der Waals surface area contributed by atoms with Crippen LogP contribution in [0.15, 0.2) is 152 Å². The molecule has 0 aliphatic heterocycles. The average Bonchev–Trinajstić information content (AvgIpc) is 3.78. The lowest BCUT2D eigenvalue weighted by atomic mass is 10.1. The summed E-state index contributed by atoms with van der Waals surface area (Å²) in [5, 5.41) is 14.0. The summed E-state index contributed by atoms with van der Waals surface area (Å²) in [4.78, 5) is 0. The standard InChI is InChI=1S/C38H25N5/c1-5-13-35-30(9-1)31-10-2-6-14-36(31)42(35)28-19-17-26(18-20-28)34-25-41(40-39-34)27-21-23-29(24-22-27)43-37-15-7-3-11-32(37)33-12-4-8-16-38(33)43/h1-25H. The molecule has 9 rings (SSSR count). The van der Waals surface area contributed by atoms with Gasteiger partial charge in [-0.2, -0.15) is 0 Å². The van der Waals surface area contributed by atoms with Crippen molar-refractivity contribution in [3.63, 3.8) is 0 Å². The van der Waals surface area contributed by atoms with Crippen molar-refractivity contribution in [2.24, 2.45) is 0 Å². The van der Waals surface area contributed by atoms with Gasteiger partial charge in [0.15, 0.2) is 0 Å². The van der Waals surface area contributed by atoms with E-state index >= 15 is 0 Å². The Kier molecular flexibility index (Phi) is 5.13. The van der Waals surface area contributed by atoms with Gasteiger partial charge in [0, 0.05) is 38.5 Å². The summed E-state index contributed by atoms with van der Waals surface area (Å²) in [5.41, 5.74) is 9.85. The van der Waals surface area contributed by atoms with E-state index in [0.717, 1.165) is 28.3 Å². The van der Waals surface area contributed by atoms with E-state index in [9.17, 15) is 0 Å². The molecular weight excluding hydrogens is 526 g/mol. The minimum absolute atomic E-state index is 0.834. The van der Waals surface area contributed by atoms with E-state index < -0.39 is 0 Å². The first-order chi connectivity index (χ1) is 21.3. The largest absolute Gasteiger partial charge is 0.309 e. The monoisotopic (exact) mass is 551 g/mol. The van der Waals surface area contributed by atoms with E-state index in [2.05, 4.69) is 165 Å². The van der Waals surface area contributed by atoms with Gasteiger partial charge in [0.25, 0.3) is 0 Å². The maximum absolute atomic E-state index is 4.51. The summed E-state index contributed by atoms with van der Waals surface area (Å²) >= 11 is 0. The van der Waals surface area contributed by atoms with Crippen molar-refractivity contribution >= 4 is 43.6 Å². The first-order valence-electron chi connectivity index (χ1n) is 14.4. The van der Waals surface area contributed by atoms with Crippen LogP contribution in [0, 0.1) is 0 Å². The lowest BCUT2D eigenvalue weighted by molar-refractivity contribution is 0.803. The Bertz CT molecular complexity index is 2160. The molecular formula is C38H25N5. The maximum Gasteiger partial charge on any atom is 0.113 e. The first kappa shape index (κ1) is 23.7. The number of para-hydroxylation sites is 4. The second-order valence-corrected chi connectivity index (χ2v) is 10.9. The van der Waals surface area contributed by atoms with E-state index in [0.29, 0.717) is 0 Å². The summed E-state index contributed by atoms with van der Waals surface area (Å²) in [6.45, 7) is 0. The van der Waals surface area contributed by atoms with Gasteiger partial charge < -0.3 is 9.13 Å². The Hall–Kier alpha value is -5.94. The summed E-state index contributed by atoms with van der Waals surface area (Å²) in [6.07, 6.45) is 1.99. The second-order valence-electron chi connectivity index (χ2n) is 10.9. The maximum atomic E-state index is 4.51. The van der Waals surface area contributed by atoms with Crippen LogP contribution in [-0.2, 0) is 0 Å². The fourth-order valence-corrected chi connectivity index (χ4v) is 6.46. The molecule has 0 bridgehead atoms. The van der Waals surface area contributed by atoms with Gasteiger partial charge in [-0.15, -0.1) is 5.10 Å². The molecule has 202 valence electrons. The molecule has 0 spiro atoms. The third-order valence-electron chi connectivity index (χ3n) is 8.45. The number of aromatic nitrogens is 5. The Morgan fingerprint density at radius 2 is 0.744 bits per heavy atom. The van der Waals surface area contributed by atoms with E-state index in [1.165, 1.54) is 43.6 Å². The number of fused-ring (bicyclic) bond motifs is 6. The van der Waals surface area contributed by atoms with Gasteiger partial charge >= 0.3 is 0 Å². The van der Waals surface area contributed by atoms with E-state index in [1.54, 1.807) is 0 Å². The number of hydrogen-bond acceptors (Lipinski definition) is 2. The molecule has 3 aromatic heterocycles. The quantitative estimate of drug-likeness (QED) is 0.219. The van der Waals surface area contributed by atoms with Crippen molar-refractivity contribution in [2.75, 3.05) is 0 Å². The highest BCUT2D eigenvalue weighted by atomic mass is 15.4. The third kappa shape index (κ3) is 3.65. The number of benzene rings is 6. The SMILES string of the molecule is c1ccc2c(c1)c1ccccc1n2-c1ccc(-c2cn(-c3ccc(-n4c5ccccc5c5ccccc54)cc3)nn2)cc1. The lowest BCUT2D eigenvalue weighted by Gasteiger charge is -2.09. The van der Waals surface area contributed by atoms with Crippen LogP contribution in [0.2, 0.25) is 0 Å². The highest BCUT2D eigenvalue weighted by Crippen LogP contribution is 2.33. The zero-order valence-corrected chi connectivity index (χ0v) is 23.2. The molecule has 3 heterocycles. The lowest BCUT2D eigenvalue weighted by Crippen LogP contribution is -1.97. The molecule has 0 saturated carbocycles. The molecule has 43 heavy (non-hydrogen) atoms. The Morgan fingerprint density at radius 1 is 0.372 bits per heavy atom. The molecule has 0 aliphatic rings. The van der Waals surface area contributed by atoms with Crippen molar-refractivity contribution in [1.29, 1.82) is 0 Å². The van der Waals surface area contributed by atoms with Gasteiger partial charge in [0.1, 0.15) is 5.69 Å². The minimum atomic E-state index is 0.834. The number of nitrogens with zero attached hydrogens (tertiary/aromatic N) is 5. The van der Waals surface area contributed by atoms with Crippen molar-refractivity contribution in [3.8, 4) is 28.3 Å². The van der Waals surface area contributed by atoms with Crippen LogP contribution >= 0.6 is 0 Å². The van der Waals surface area contributed by atoms with Gasteiger partial charge in [-0.25, -0.2) is 4.68 Å². The molecule has 0 saturated heterocycles.